The van der Waals surface area contributed by atoms with Gasteiger partial charge < -0.3 is 0 Å². The van der Waals surface area contributed by atoms with Crippen molar-refractivity contribution >= 4 is 11.8 Å². The Morgan fingerprint density at radius 2 is 1.67 bits per heavy atom. The van der Waals surface area contributed by atoms with Crippen molar-refractivity contribution in [3.63, 3.8) is 0 Å². The molecule has 0 aliphatic carbocycles. The lowest BCUT2D eigenvalue weighted by Crippen LogP contribution is -2.09. The zero-order chi connectivity index (χ0) is 11.3. The zero-order valence-electron chi connectivity index (χ0n) is 10.3. The van der Waals surface area contributed by atoms with E-state index in [0.717, 1.165) is 6.42 Å². The highest BCUT2D eigenvalue weighted by molar-refractivity contribution is 8.00. The molecule has 15 heavy (non-hydrogen) atoms. The van der Waals surface area contributed by atoms with Crippen molar-refractivity contribution in [3.8, 4) is 0 Å². The average Bonchev–Trinajstić information content (AvgIpc) is 2.16. The van der Waals surface area contributed by atoms with Gasteiger partial charge in [-0.05, 0) is 29.7 Å². The molecular weight excluding hydrogens is 200 g/mol. The van der Waals surface area contributed by atoms with E-state index in [-0.39, 0.29) is 0 Å². The van der Waals surface area contributed by atoms with Crippen LogP contribution in [0.5, 0.6) is 0 Å². The van der Waals surface area contributed by atoms with Gasteiger partial charge in [0.1, 0.15) is 0 Å². The summed E-state index contributed by atoms with van der Waals surface area (Å²) in [6, 6.07) is 8.80. The number of hydrogen-bond acceptors (Lipinski definition) is 1. The van der Waals surface area contributed by atoms with E-state index in [0.29, 0.717) is 4.75 Å². The Morgan fingerprint density at radius 1 is 1.07 bits per heavy atom. The summed E-state index contributed by atoms with van der Waals surface area (Å²) in [5.41, 5.74) is 3.03. The van der Waals surface area contributed by atoms with Crippen molar-refractivity contribution in [2.45, 2.75) is 45.3 Å². The number of thioether (sulfide) groups is 1. The minimum Gasteiger partial charge on any atom is -0.156 e. The van der Waals surface area contributed by atoms with E-state index in [2.05, 4.69) is 52.0 Å². The maximum atomic E-state index is 2.28. The molecule has 1 rings (SSSR count). The molecule has 1 aromatic rings. The molecule has 0 bridgehead atoms. The molecule has 0 aliphatic rings. The van der Waals surface area contributed by atoms with Crippen LogP contribution in [0.25, 0.3) is 0 Å². The van der Waals surface area contributed by atoms with Gasteiger partial charge >= 0.3 is 0 Å². The van der Waals surface area contributed by atoms with Crippen molar-refractivity contribution in [1.82, 2.24) is 0 Å². The second kappa shape index (κ2) is 5.60. The molecular formula is C14H22S. The highest BCUT2D eigenvalue weighted by atomic mass is 32.2. The molecule has 0 aliphatic heterocycles. The molecule has 0 nitrogen and oxygen atoms in total. The van der Waals surface area contributed by atoms with Gasteiger partial charge in [-0.3, -0.25) is 0 Å². The largest absolute Gasteiger partial charge is 0.156 e. The molecule has 0 atom stereocenters. The van der Waals surface area contributed by atoms with Crippen molar-refractivity contribution < 1.29 is 0 Å². The van der Waals surface area contributed by atoms with E-state index in [4.69, 9.17) is 0 Å². The third-order valence-corrected chi connectivity index (χ3v) is 3.68. The predicted octanol–water partition coefficient (Wildman–Crippen LogP) is 4.32. The van der Waals surface area contributed by atoms with E-state index < -0.39 is 0 Å². The van der Waals surface area contributed by atoms with Gasteiger partial charge in [-0.15, -0.1) is 0 Å². The normalized spacial score (nSPS) is 11.7. The summed E-state index contributed by atoms with van der Waals surface area (Å²) in [5, 5.41) is 0. The molecule has 0 saturated carbocycles. The Kier molecular flexibility index (Phi) is 4.72. The van der Waals surface area contributed by atoms with Crippen LogP contribution >= 0.6 is 11.8 Å². The fraction of sp³-hybridized carbons (Fsp3) is 0.571. The molecule has 84 valence electrons. The molecule has 1 heteroatoms. The number of rotatable bonds is 4. The monoisotopic (exact) mass is 222 g/mol. The van der Waals surface area contributed by atoms with Crippen LogP contribution in [0.2, 0.25) is 0 Å². The summed E-state index contributed by atoms with van der Waals surface area (Å²) in [6.45, 7) is 9.08. The molecule has 0 radical (unpaired) electrons. The quantitative estimate of drug-likeness (QED) is 0.731. The topological polar surface area (TPSA) is 0 Å². The lowest BCUT2D eigenvalue weighted by atomic mass is 10.0. The maximum absolute atomic E-state index is 2.28. The molecule has 0 amide bonds. The number of aryl methyl sites for hydroxylation is 2. The van der Waals surface area contributed by atoms with Gasteiger partial charge in [0, 0.05) is 4.75 Å². The van der Waals surface area contributed by atoms with Crippen LogP contribution in [0.1, 0.15) is 38.8 Å². The minimum absolute atomic E-state index is 0.390. The SMILES string of the molecule is CCc1ccccc1CCSC(C)(C)C. The summed E-state index contributed by atoms with van der Waals surface area (Å²) in [6.07, 6.45) is 2.35. The first-order chi connectivity index (χ1) is 7.03. The lowest BCUT2D eigenvalue weighted by Gasteiger charge is -2.17. The van der Waals surface area contributed by atoms with E-state index in [1.807, 2.05) is 11.8 Å². The highest BCUT2D eigenvalue weighted by Crippen LogP contribution is 2.24. The van der Waals surface area contributed by atoms with Crippen LogP contribution in [0, 0.1) is 0 Å². The van der Waals surface area contributed by atoms with Crippen molar-refractivity contribution in [3.05, 3.63) is 35.4 Å². The van der Waals surface area contributed by atoms with E-state index >= 15 is 0 Å². The first-order valence-electron chi connectivity index (χ1n) is 5.73. The Hall–Kier alpha value is -0.430. The zero-order valence-corrected chi connectivity index (χ0v) is 11.2. The van der Waals surface area contributed by atoms with Crippen molar-refractivity contribution in [1.29, 1.82) is 0 Å². The molecule has 0 unspecified atom stereocenters. The van der Waals surface area contributed by atoms with Crippen LogP contribution in [0.4, 0.5) is 0 Å². The fourth-order valence-electron chi connectivity index (χ4n) is 1.61. The summed E-state index contributed by atoms with van der Waals surface area (Å²) in [4.78, 5) is 0. The van der Waals surface area contributed by atoms with Crippen molar-refractivity contribution in [2.24, 2.45) is 0 Å². The summed E-state index contributed by atoms with van der Waals surface area (Å²) in [5.74, 6) is 1.22. The number of hydrogen-bond donors (Lipinski definition) is 0. The highest BCUT2D eigenvalue weighted by Gasteiger charge is 2.10. The Bertz CT molecular complexity index is 296. The van der Waals surface area contributed by atoms with E-state index in [1.54, 1.807) is 0 Å². The van der Waals surface area contributed by atoms with Gasteiger partial charge in [0.2, 0.25) is 0 Å². The molecule has 0 N–H and O–H groups in total. The van der Waals surface area contributed by atoms with Gasteiger partial charge in [0.15, 0.2) is 0 Å². The Morgan fingerprint density at radius 3 is 2.20 bits per heavy atom. The van der Waals surface area contributed by atoms with Gasteiger partial charge in [-0.2, -0.15) is 11.8 Å². The Balaban J connectivity index is 2.50. The fourth-order valence-corrected chi connectivity index (χ4v) is 2.55. The first kappa shape index (κ1) is 12.6. The summed E-state index contributed by atoms with van der Waals surface area (Å²) in [7, 11) is 0. The maximum Gasteiger partial charge on any atom is 0.00752 e. The Labute approximate surface area is 98.5 Å². The summed E-state index contributed by atoms with van der Waals surface area (Å²) < 4.78 is 0.390. The van der Waals surface area contributed by atoms with Gasteiger partial charge in [0.25, 0.3) is 0 Å². The van der Waals surface area contributed by atoms with Crippen LogP contribution in [-0.4, -0.2) is 10.5 Å². The number of benzene rings is 1. The third kappa shape index (κ3) is 4.74. The van der Waals surface area contributed by atoms with Crippen LogP contribution in [0.15, 0.2) is 24.3 Å². The minimum atomic E-state index is 0.390. The molecule has 0 spiro atoms. The first-order valence-corrected chi connectivity index (χ1v) is 6.72. The smallest absolute Gasteiger partial charge is 0.00752 e. The van der Waals surface area contributed by atoms with Gasteiger partial charge in [-0.25, -0.2) is 0 Å². The molecule has 0 fully saturated rings. The van der Waals surface area contributed by atoms with Crippen LogP contribution < -0.4 is 0 Å². The molecule has 1 aromatic carbocycles. The van der Waals surface area contributed by atoms with Gasteiger partial charge in [-0.1, -0.05) is 52.0 Å². The standard InChI is InChI=1S/C14H22S/c1-5-12-8-6-7-9-13(12)10-11-15-14(2,3)4/h6-9H,5,10-11H2,1-4H3. The lowest BCUT2D eigenvalue weighted by molar-refractivity contribution is 0.801. The molecule has 0 heterocycles. The third-order valence-electron chi connectivity index (χ3n) is 2.41. The second-order valence-corrected chi connectivity index (χ2v) is 6.75. The van der Waals surface area contributed by atoms with Crippen LogP contribution in [0.3, 0.4) is 0 Å². The average molecular weight is 222 g/mol. The second-order valence-electron chi connectivity index (χ2n) is 4.83. The van der Waals surface area contributed by atoms with Crippen molar-refractivity contribution in [2.75, 3.05) is 5.75 Å². The van der Waals surface area contributed by atoms with Gasteiger partial charge in [0.05, 0.1) is 0 Å². The van der Waals surface area contributed by atoms with Crippen LogP contribution in [-0.2, 0) is 12.8 Å². The van der Waals surface area contributed by atoms with E-state index in [9.17, 15) is 0 Å². The molecule has 0 aromatic heterocycles. The molecule has 0 saturated heterocycles. The van der Waals surface area contributed by atoms with E-state index in [1.165, 1.54) is 23.3 Å². The predicted molar refractivity (Wildman–Crippen MR) is 71.7 cm³/mol. The summed E-state index contributed by atoms with van der Waals surface area (Å²) >= 11 is 2.05.